The Balaban J connectivity index is 0.000000316. The molecule has 6 rings (SSSR count). The van der Waals surface area contributed by atoms with Crippen LogP contribution in [0.3, 0.4) is 0 Å². The molecule has 192 valence electrons. The molecule has 1 saturated heterocycles. The number of nitrogens with zero attached hydrogens (tertiary/aromatic N) is 2. The summed E-state index contributed by atoms with van der Waals surface area (Å²) in [5.74, 6) is 1.08. The van der Waals surface area contributed by atoms with Crippen LogP contribution in [0.25, 0.3) is 33.2 Å². The zero-order valence-electron chi connectivity index (χ0n) is 21.2. The van der Waals surface area contributed by atoms with Gasteiger partial charge in [-0.15, -0.1) is 0 Å². The average Bonchev–Trinajstić information content (AvgIpc) is 3.75. The Labute approximate surface area is 231 Å². The monoisotopic (exact) mass is 540 g/mol. The maximum absolute atomic E-state index is 9.07. The fourth-order valence-corrected chi connectivity index (χ4v) is 6.27. The van der Waals surface area contributed by atoms with Gasteiger partial charge in [0, 0.05) is 30.0 Å². The summed E-state index contributed by atoms with van der Waals surface area (Å²) in [4.78, 5) is 2.58. The summed E-state index contributed by atoms with van der Waals surface area (Å²) in [6.07, 6.45) is 3.52. The second kappa shape index (κ2) is 12.1. The van der Waals surface area contributed by atoms with Crippen LogP contribution in [0.15, 0.2) is 80.5 Å². The Hall–Kier alpha value is -3.19. The molecule has 0 saturated carbocycles. The van der Waals surface area contributed by atoms with E-state index in [9.17, 15) is 0 Å². The normalized spacial score (nSPS) is 15.3. The first-order valence-electron chi connectivity index (χ1n) is 12.7. The molecular formula is C30H29BN2O3S2. The first kappa shape index (κ1) is 26.4. The van der Waals surface area contributed by atoms with Crippen LogP contribution in [0.5, 0.6) is 0 Å². The molecule has 0 bridgehead atoms. The van der Waals surface area contributed by atoms with Crippen molar-refractivity contribution in [3.05, 3.63) is 87.4 Å². The smallest absolute Gasteiger partial charge is 0.460 e. The number of hydrogen-bond acceptors (Lipinski definition) is 7. The van der Waals surface area contributed by atoms with Gasteiger partial charge < -0.3 is 19.4 Å². The highest BCUT2D eigenvalue weighted by atomic mass is 32.1. The summed E-state index contributed by atoms with van der Waals surface area (Å²) < 4.78 is 6.38. The van der Waals surface area contributed by atoms with Gasteiger partial charge >= 0.3 is 7.12 Å². The van der Waals surface area contributed by atoms with Crippen LogP contribution in [0.2, 0.25) is 0 Å². The van der Waals surface area contributed by atoms with E-state index in [2.05, 4.69) is 52.9 Å². The highest BCUT2D eigenvalue weighted by Crippen LogP contribution is 2.38. The number of furan rings is 1. The minimum absolute atomic E-state index is 0.565. The van der Waals surface area contributed by atoms with Crippen molar-refractivity contribution in [1.29, 1.82) is 5.26 Å². The molecule has 2 N–H and O–H groups in total. The van der Waals surface area contributed by atoms with E-state index < -0.39 is 7.12 Å². The van der Waals surface area contributed by atoms with Crippen molar-refractivity contribution >= 4 is 46.2 Å². The molecule has 0 spiro atoms. The molecule has 0 unspecified atom stereocenters. The Morgan fingerprint density at radius 2 is 1.76 bits per heavy atom. The predicted octanol–water partition coefficient (Wildman–Crippen LogP) is 6.15. The molecule has 5 nitrogen and oxygen atoms in total. The van der Waals surface area contributed by atoms with Crippen LogP contribution in [-0.2, 0) is 6.42 Å². The third kappa shape index (κ3) is 5.93. The minimum atomic E-state index is -1.30. The van der Waals surface area contributed by atoms with Crippen molar-refractivity contribution in [2.24, 2.45) is 0 Å². The van der Waals surface area contributed by atoms with Crippen LogP contribution >= 0.6 is 22.7 Å². The average molecular weight is 541 g/mol. The first-order valence-corrected chi connectivity index (χ1v) is 14.6. The van der Waals surface area contributed by atoms with Crippen LogP contribution in [0.1, 0.15) is 31.1 Å². The maximum atomic E-state index is 9.07. The molecule has 1 fully saturated rings. The summed E-state index contributed by atoms with van der Waals surface area (Å²) in [7, 11) is -1.30. The van der Waals surface area contributed by atoms with E-state index in [1.165, 1.54) is 47.2 Å². The van der Waals surface area contributed by atoms with Crippen LogP contribution < -0.4 is 5.46 Å². The van der Waals surface area contributed by atoms with Crippen molar-refractivity contribution < 1.29 is 14.5 Å². The van der Waals surface area contributed by atoms with E-state index in [4.69, 9.17) is 19.7 Å². The standard InChI is InChI=1S/C26H24N2OS.C4H5BO2S/c1-18-3-2-12-28(18)13-10-25-26(22-11-14-30-17-22)23-15-21(8-9-24(23)29-25)20-6-4-19(16-27)5-7-20;6-5(7)4-1-2-8-3-4/h4-9,11,14-15,17-18H,2-3,10,12-13H2,1H3;1-3,6-7H/t18-;/m1./s1. The van der Waals surface area contributed by atoms with Gasteiger partial charge in [-0.2, -0.15) is 27.9 Å². The number of rotatable bonds is 6. The van der Waals surface area contributed by atoms with Gasteiger partial charge in [-0.05, 0) is 100 Å². The molecule has 5 aromatic rings. The number of benzene rings is 2. The largest absolute Gasteiger partial charge is 0.489 e. The Kier molecular flexibility index (Phi) is 8.43. The highest BCUT2D eigenvalue weighted by Gasteiger charge is 2.22. The summed E-state index contributed by atoms with van der Waals surface area (Å²) >= 11 is 3.17. The number of likely N-dealkylation sites (tertiary alicyclic amines) is 1. The molecular weight excluding hydrogens is 511 g/mol. The van der Waals surface area contributed by atoms with Gasteiger partial charge in [0.05, 0.1) is 11.6 Å². The lowest BCUT2D eigenvalue weighted by molar-refractivity contribution is 0.267. The van der Waals surface area contributed by atoms with Crippen molar-refractivity contribution in [3.8, 4) is 28.3 Å². The fourth-order valence-electron chi connectivity index (χ4n) is 4.96. The summed E-state index contributed by atoms with van der Waals surface area (Å²) in [6.45, 7) is 4.56. The van der Waals surface area contributed by atoms with Gasteiger partial charge in [0.25, 0.3) is 0 Å². The summed E-state index contributed by atoms with van der Waals surface area (Å²) in [5, 5.41) is 35.0. The van der Waals surface area contributed by atoms with Crippen molar-refractivity contribution in [2.45, 2.75) is 32.2 Å². The van der Waals surface area contributed by atoms with E-state index >= 15 is 0 Å². The maximum Gasteiger partial charge on any atom is 0.489 e. The van der Waals surface area contributed by atoms with E-state index in [-0.39, 0.29) is 0 Å². The van der Waals surface area contributed by atoms with Crippen LogP contribution in [0, 0.1) is 11.3 Å². The molecule has 1 atom stereocenters. The van der Waals surface area contributed by atoms with E-state index in [1.807, 2.05) is 24.3 Å². The lowest BCUT2D eigenvalue weighted by atomic mass is 9.83. The Bertz CT molecular complexity index is 1500. The molecule has 38 heavy (non-hydrogen) atoms. The third-order valence-electron chi connectivity index (χ3n) is 7.08. The zero-order valence-corrected chi connectivity index (χ0v) is 22.8. The fraction of sp³-hybridized carbons (Fsp3) is 0.233. The molecule has 2 aromatic carbocycles. The predicted molar refractivity (Wildman–Crippen MR) is 158 cm³/mol. The van der Waals surface area contributed by atoms with Gasteiger partial charge in [-0.1, -0.05) is 24.3 Å². The lowest BCUT2D eigenvalue weighted by Gasteiger charge is -2.20. The van der Waals surface area contributed by atoms with Gasteiger partial charge in [0.2, 0.25) is 0 Å². The number of fused-ring (bicyclic) bond motifs is 1. The zero-order chi connectivity index (χ0) is 26.5. The molecule has 1 aliphatic heterocycles. The number of thiophene rings is 2. The van der Waals surface area contributed by atoms with Crippen molar-refractivity contribution in [2.75, 3.05) is 13.1 Å². The summed E-state index contributed by atoms with van der Waals surface area (Å²) in [5.41, 5.74) is 6.91. The van der Waals surface area contributed by atoms with Crippen molar-refractivity contribution in [3.63, 3.8) is 0 Å². The van der Waals surface area contributed by atoms with Gasteiger partial charge in [-0.3, -0.25) is 0 Å². The van der Waals surface area contributed by atoms with Gasteiger partial charge in [-0.25, -0.2) is 0 Å². The SMILES string of the molecule is C[C@@H]1CCCN1CCc1oc2ccc(-c3ccc(C#N)cc3)cc2c1-c1ccsc1.OB(O)c1ccsc1. The van der Waals surface area contributed by atoms with Crippen LogP contribution in [0.4, 0.5) is 0 Å². The summed E-state index contributed by atoms with van der Waals surface area (Å²) in [6, 6.07) is 20.9. The second-order valence-electron chi connectivity index (χ2n) is 9.52. The van der Waals surface area contributed by atoms with E-state index in [0.29, 0.717) is 17.1 Å². The molecule has 1 aliphatic rings. The quantitative estimate of drug-likeness (QED) is 0.253. The molecule has 0 aliphatic carbocycles. The van der Waals surface area contributed by atoms with Gasteiger partial charge in [0.1, 0.15) is 11.3 Å². The molecule has 4 heterocycles. The molecule has 0 amide bonds. The Morgan fingerprint density at radius 1 is 1.00 bits per heavy atom. The van der Waals surface area contributed by atoms with Crippen molar-refractivity contribution in [1.82, 2.24) is 4.90 Å². The lowest BCUT2D eigenvalue weighted by Crippen LogP contribution is -2.28. The number of nitriles is 1. The number of hydrogen-bond donors (Lipinski definition) is 2. The topological polar surface area (TPSA) is 80.6 Å². The second-order valence-corrected chi connectivity index (χ2v) is 11.1. The third-order valence-corrected chi connectivity index (χ3v) is 8.46. The molecule has 3 aromatic heterocycles. The van der Waals surface area contributed by atoms with E-state index in [1.54, 1.807) is 28.2 Å². The Morgan fingerprint density at radius 3 is 2.37 bits per heavy atom. The minimum Gasteiger partial charge on any atom is -0.460 e. The van der Waals surface area contributed by atoms with E-state index in [0.717, 1.165) is 35.4 Å². The van der Waals surface area contributed by atoms with Crippen LogP contribution in [-0.4, -0.2) is 41.2 Å². The highest BCUT2D eigenvalue weighted by molar-refractivity contribution is 7.09. The molecule has 0 radical (unpaired) electrons. The molecule has 8 heteroatoms. The first-order chi connectivity index (χ1) is 18.5. The van der Waals surface area contributed by atoms with Gasteiger partial charge in [0.15, 0.2) is 0 Å².